The second-order valence-electron chi connectivity index (χ2n) is 8.02. The summed E-state index contributed by atoms with van der Waals surface area (Å²) in [5.74, 6) is -6.39. The number of rotatable bonds is 7. The van der Waals surface area contributed by atoms with Crippen LogP contribution in [0.3, 0.4) is 0 Å². The first-order valence-corrected chi connectivity index (χ1v) is 10.5. The number of carbonyl (C=O) groups is 3. The quantitative estimate of drug-likeness (QED) is 0.303. The van der Waals surface area contributed by atoms with E-state index in [9.17, 15) is 34.8 Å². The van der Waals surface area contributed by atoms with Crippen molar-refractivity contribution >= 4 is 17.3 Å². The molecule has 0 amide bonds. The first kappa shape index (κ1) is 23.6. The number of hydrogen-bond acceptors (Lipinski definition) is 8. The monoisotopic (exact) mass is 462 g/mol. The largest absolute Gasteiger partial charge is 0.387 e. The summed E-state index contributed by atoms with van der Waals surface area (Å²) >= 11 is 0. The van der Waals surface area contributed by atoms with Gasteiger partial charge in [0.2, 0.25) is 23.0 Å². The van der Waals surface area contributed by atoms with Crippen molar-refractivity contribution in [3.63, 3.8) is 0 Å². The average Bonchev–Trinajstić information content (AvgIpc) is 3.13. The highest BCUT2D eigenvalue weighted by atomic mass is 16.7. The molecule has 1 fully saturated rings. The normalized spacial score (nSPS) is 24.5. The van der Waals surface area contributed by atoms with Crippen LogP contribution in [0.1, 0.15) is 31.1 Å². The Labute approximate surface area is 194 Å². The molecule has 1 aliphatic rings. The predicted molar refractivity (Wildman–Crippen MR) is 119 cm³/mol. The van der Waals surface area contributed by atoms with Gasteiger partial charge in [-0.3, -0.25) is 14.4 Å². The summed E-state index contributed by atoms with van der Waals surface area (Å²) in [4.78, 5) is 39.9. The maximum atomic E-state index is 13.5. The van der Waals surface area contributed by atoms with Gasteiger partial charge >= 0.3 is 0 Å². The van der Waals surface area contributed by atoms with Crippen molar-refractivity contribution in [1.82, 2.24) is 0 Å². The molecular weight excluding hydrogens is 440 g/mol. The van der Waals surface area contributed by atoms with Crippen LogP contribution in [0.4, 0.5) is 0 Å². The molecule has 0 radical (unpaired) electrons. The van der Waals surface area contributed by atoms with Crippen LogP contribution in [0.15, 0.2) is 91.0 Å². The van der Waals surface area contributed by atoms with Crippen molar-refractivity contribution in [2.45, 2.75) is 29.7 Å². The van der Waals surface area contributed by atoms with Gasteiger partial charge in [0.1, 0.15) is 18.3 Å². The highest BCUT2D eigenvalue weighted by molar-refractivity contribution is 6.23. The SMILES string of the molecule is O=C(c1ccccc1)C(O)(C(=O)c1ccccc1)[C@H]1O[C@](O)(C(=O)c2ccccc2)[C@@H](O)[C@@H]1O. The van der Waals surface area contributed by atoms with Crippen LogP contribution >= 0.6 is 0 Å². The molecule has 1 aliphatic heterocycles. The van der Waals surface area contributed by atoms with Crippen LogP contribution in [-0.2, 0) is 4.74 Å². The minimum absolute atomic E-state index is 0.0517. The number of ether oxygens (including phenoxy) is 1. The Morgan fingerprint density at radius 1 is 0.706 bits per heavy atom. The maximum absolute atomic E-state index is 13.5. The molecule has 0 aliphatic carbocycles. The fourth-order valence-electron chi connectivity index (χ4n) is 4.03. The summed E-state index contributed by atoms with van der Waals surface area (Å²) in [6, 6.07) is 22.1. The minimum Gasteiger partial charge on any atom is -0.387 e. The van der Waals surface area contributed by atoms with Crippen LogP contribution in [0.5, 0.6) is 0 Å². The highest BCUT2D eigenvalue weighted by Crippen LogP contribution is 2.39. The second-order valence-corrected chi connectivity index (χ2v) is 8.02. The molecule has 174 valence electrons. The van der Waals surface area contributed by atoms with Gasteiger partial charge in [-0.1, -0.05) is 91.0 Å². The zero-order valence-corrected chi connectivity index (χ0v) is 17.8. The van der Waals surface area contributed by atoms with E-state index < -0.39 is 47.0 Å². The summed E-state index contributed by atoms with van der Waals surface area (Å²) < 4.78 is 5.35. The molecule has 0 aromatic heterocycles. The average molecular weight is 462 g/mol. The molecule has 3 aromatic rings. The molecule has 0 unspecified atom stereocenters. The Bertz CT molecular complexity index is 1140. The highest BCUT2D eigenvalue weighted by Gasteiger charge is 2.67. The van der Waals surface area contributed by atoms with Gasteiger partial charge in [0.15, 0.2) is 0 Å². The zero-order chi connectivity index (χ0) is 24.5. The lowest BCUT2D eigenvalue weighted by Crippen LogP contribution is -2.60. The minimum atomic E-state index is -3.08. The third-order valence-corrected chi connectivity index (χ3v) is 5.88. The van der Waals surface area contributed by atoms with Crippen LogP contribution in [0.2, 0.25) is 0 Å². The molecule has 34 heavy (non-hydrogen) atoms. The number of carbonyl (C=O) groups excluding carboxylic acids is 3. The third kappa shape index (κ3) is 3.77. The lowest BCUT2D eigenvalue weighted by Gasteiger charge is -2.33. The van der Waals surface area contributed by atoms with Crippen LogP contribution in [-0.4, -0.2) is 67.5 Å². The Kier molecular flexibility index (Phi) is 6.26. The molecule has 8 heteroatoms. The molecule has 0 saturated carbocycles. The van der Waals surface area contributed by atoms with Crippen LogP contribution in [0.25, 0.3) is 0 Å². The first-order valence-electron chi connectivity index (χ1n) is 10.5. The van der Waals surface area contributed by atoms with Gasteiger partial charge in [-0.15, -0.1) is 0 Å². The molecule has 0 bridgehead atoms. The van der Waals surface area contributed by atoms with Gasteiger partial charge in [0.25, 0.3) is 5.79 Å². The van der Waals surface area contributed by atoms with Crippen molar-refractivity contribution in [3.05, 3.63) is 108 Å². The lowest BCUT2D eigenvalue weighted by molar-refractivity contribution is -0.204. The van der Waals surface area contributed by atoms with E-state index in [1.54, 1.807) is 18.2 Å². The molecule has 1 heterocycles. The number of aliphatic hydroxyl groups excluding tert-OH is 2. The van der Waals surface area contributed by atoms with E-state index in [0.717, 1.165) is 0 Å². The van der Waals surface area contributed by atoms with Gasteiger partial charge < -0.3 is 25.2 Å². The van der Waals surface area contributed by atoms with Gasteiger partial charge in [0.05, 0.1) is 0 Å². The molecule has 8 nitrogen and oxygen atoms in total. The van der Waals surface area contributed by atoms with Crippen molar-refractivity contribution in [2.75, 3.05) is 0 Å². The number of Topliss-reactive ketones (excluding diaryl/α,β-unsaturated/α-hetero) is 3. The van der Waals surface area contributed by atoms with Gasteiger partial charge in [-0.05, 0) is 0 Å². The Hall–Kier alpha value is -3.53. The fraction of sp³-hybridized carbons (Fsp3) is 0.192. The number of hydrogen-bond donors (Lipinski definition) is 4. The lowest BCUT2D eigenvalue weighted by atomic mass is 9.78. The third-order valence-electron chi connectivity index (χ3n) is 5.88. The fourth-order valence-corrected chi connectivity index (χ4v) is 4.03. The summed E-state index contributed by atoms with van der Waals surface area (Å²) in [6.45, 7) is 0. The second kappa shape index (κ2) is 9.02. The molecular formula is C26H22O8. The smallest absolute Gasteiger partial charge is 0.261 e. The zero-order valence-electron chi connectivity index (χ0n) is 17.8. The summed E-state index contributed by atoms with van der Waals surface area (Å²) in [5, 5.41) is 44.0. The number of aliphatic hydroxyl groups is 4. The van der Waals surface area contributed by atoms with E-state index in [0.29, 0.717) is 0 Å². The number of benzene rings is 3. The Balaban J connectivity index is 1.81. The van der Waals surface area contributed by atoms with E-state index in [-0.39, 0.29) is 16.7 Å². The van der Waals surface area contributed by atoms with Crippen molar-refractivity contribution < 1.29 is 39.5 Å². The number of ketones is 3. The Morgan fingerprint density at radius 3 is 1.50 bits per heavy atom. The van der Waals surface area contributed by atoms with Gasteiger partial charge in [0, 0.05) is 16.7 Å². The summed E-state index contributed by atoms with van der Waals surface area (Å²) in [7, 11) is 0. The molecule has 1 saturated heterocycles. The van der Waals surface area contributed by atoms with Crippen LogP contribution < -0.4 is 0 Å². The van der Waals surface area contributed by atoms with Crippen molar-refractivity contribution in [3.8, 4) is 0 Å². The molecule has 3 aromatic carbocycles. The van der Waals surface area contributed by atoms with E-state index in [4.69, 9.17) is 4.74 Å². The van der Waals surface area contributed by atoms with Crippen molar-refractivity contribution in [2.24, 2.45) is 0 Å². The predicted octanol–water partition coefficient (Wildman–Crippen LogP) is 1.18. The Morgan fingerprint density at radius 2 is 1.09 bits per heavy atom. The van der Waals surface area contributed by atoms with E-state index >= 15 is 0 Å². The van der Waals surface area contributed by atoms with E-state index in [1.165, 1.54) is 72.8 Å². The molecule has 0 spiro atoms. The van der Waals surface area contributed by atoms with Gasteiger partial charge in [-0.2, -0.15) is 0 Å². The van der Waals surface area contributed by atoms with E-state index in [1.807, 2.05) is 0 Å². The molecule has 4 rings (SSSR count). The van der Waals surface area contributed by atoms with Crippen molar-refractivity contribution in [1.29, 1.82) is 0 Å². The first-order chi connectivity index (χ1) is 16.2. The molecule has 4 N–H and O–H groups in total. The summed E-state index contributed by atoms with van der Waals surface area (Å²) in [6.07, 6.45) is -6.59. The maximum Gasteiger partial charge on any atom is 0.261 e. The standard InChI is InChI=1S/C26H22O8/c27-19-23(31)26(33,22(30)18-14-8-3-9-15-18)34-24(19)25(32,20(28)16-10-4-1-5-11-16)21(29)17-12-6-2-7-13-17/h1-15,19,23-24,27,31-33H/t19-,23-,24-,26+/m0/s1. The van der Waals surface area contributed by atoms with Gasteiger partial charge in [-0.25, -0.2) is 0 Å². The van der Waals surface area contributed by atoms with Crippen LogP contribution in [0, 0.1) is 0 Å². The van der Waals surface area contributed by atoms with E-state index in [2.05, 4.69) is 0 Å². The topological polar surface area (TPSA) is 141 Å². The summed E-state index contributed by atoms with van der Waals surface area (Å²) in [5.41, 5.74) is -3.29. The molecule has 4 atom stereocenters.